The van der Waals surface area contributed by atoms with Crippen molar-refractivity contribution >= 4 is 40.6 Å². The van der Waals surface area contributed by atoms with Crippen LogP contribution in [0.1, 0.15) is 16.6 Å². The van der Waals surface area contributed by atoms with E-state index in [0.29, 0.717) is 32.7 Å². The van der Waals surface area contributed by atoms with Gasteiger partial charge in [0.05, 0.1) is 10.7 Å². The maximum atomic E-state index is 11.6. The second-order valence-electron chi connectivity index (χ2n) is 5.09. The van der Waals surface area contributed by atoms with Crippen LogP contribution in [-0.4, -0.2) is 27.0 Å². The molecular formula is C17H12ClN3O3S. The summed E-state index contributed by atoms with van der Waals surface area (Å²) in [7, 11) is 0. The SMILES string of the molecule is CC(=O)Nc1cc(-c2nc(-c3ccccc3Cl)c(C(=O)O)s2)ccn1. The van der Waals surface area contributed by atoms with Gasteiger partial charge in [-0.3, -0.25) is 4.79 Å². The number of aromatic carboxylic acids is 1. The number of nitrogens with zero attached hydrogens (tertiary/aromatic N) is 2. The Morgan fingerprint density at radius 1 is 1.24 bits per heavy atom. The highest BCUT2D eigenvalue weighted by atomic mass is 35.5. The summed E-state index contributed by atoms with van der Waals surface area (Å²) in [6.07, 6.45) is 1.53. The van der Waals surface area contributed by atoms with E-state index in [1.807, 2.05) is 0 Å². The maximum absolute atomic E-state index is 11.6. The first-order valence-electron chi connectivity index (χ1n) is 7.18. The summed E-state index contributed by atoms with van der Waals surface area (Å²) in [6, 6.07) is 10.3. The molecule has 0 saturated heterocycles. The summed E-state index contributed by atoms with van der Waals surface area (Å²) in [5.41, 5.74) is 1.53. The highest BCUT2D eigenvalue weighted by Crippen LogP contribution is 2.37. The predicted octanol–water partition coefficient (Wildman–Crippen LogP) is 4.18. The molecule has 126 valence electrons. The number of halogens is 1. The van der Waals surface area contributed by atoms with Gasteiger partial charge < -0.3 is 10.4 Å². The minimum atomic E-state index is -1.07. The predicted molar refractivity (Wildman–Crippen MR) is 97.1 cm³/mol. The zero-order valence-electron chi connectivity index (χ0n) is 13.0. The van der Waals surface area contributed by atoms with Crippen LogP contribution in [0.15, 0.2) is 42.6 Å². The van der Waals surface area contributed by atoms with Crippen molar-refractivity contribution in [2.24, 2.45) is 0 Å². The number of anilines is 1. The average molecular weight is 374 g/mol. The molecule has 0 unspecified atom stereocenters. The fraction of sp³-hybridized carbons (Fsp3) is 0.0588. The lowest BCUT2D eigenvalue weighted by atomic mass is 10.1. The first kappa shape index (κ1) is 17.1. The Hall–Kier alpha value is -2.77. The van der Waals surface area contributed by atoms with Crippen LogP contribution in [-0.2, 0) is 4.79 Å². The molecule has 8 heteroatoms. The zero-order valence-corrected chi connectivity index (χ0v) is 14.6. The molecule has 1 amide bonds. The third kappa shape index (κ3) is 3.67. The van der Waals surface area contributed by atoms with Gasteiger partial charge in [0, 0.05) is 24.2 Å². The molecule has 0 aliphatic heterocycles. The van der Waals surface area contributed by atoms with Gasteiger partial charge in [-0.1, -0.05) is 29.8 Å². The molecule has 0 saturated carbocycles. The van der Waals surface area contributed by atoms with Gasteiger partial charge in [0.1, 0.15) is 15.7 Å². The van der Waals surface area contributed by atoms with Crippen LogP contribution in [0.5, 0.6) is 0 Å². The number of hydrogen-bond acceptors (Lipinski definition) is 5. The van der Waals surface area contributed by atoms with Crippen LogP contribution in [0.2, 0.25) is 5.02 Å². The first-order chi connectivity index (χ1) is 12.0. The topological polar surface area (TPSA) is 92.2 Å². The number of nitrogens with one attached hydrogen (secondary N) is 1. The summed E-state index contributed by atoms with van der Waals surface area (Å²) in [6.45, 7) is 1.38. The van der Waals surface area contributed by atoms with E-state index in [9.17, 15) is 14.7 Å². The summed E-state index contributed by atoms with van der Waals surface area (Å²) in [5.74, 6) is -0.946. The van der Waals surface area contributed by atoms with Gasteiger partial charge in [0.25, 0.3) is 0 Å². The lowest BCUT2D eigenvalue weighted by Crippen LogP contribution is -2.07. The molecule has 0 spiro atoms. The largest absolute Gasteiger partial charge is 0.477 e. The minimum Gasteiger partial charge on any atom is -0.477 e. The number of rotatable bonds is 4. The summed E-state index contributed by atoms with van der Waals surface area (Å²) < 4.78 is 0. The van der Waals surface area contributed by atoms with Gasteiger partial charge in [-0.05, 0) is 18.2 Å². The normalized spacial score (nSPS) is 10.5. The van der Waals surface area contributed by atoms with Gasteiger partial charge >= 0.3 is 5.97 Å². The van der Waals surface area contributed by atoms with Gasteiger partial charge in [-0.25, -0.2) is 14.8 Å². The van der Waals surface area contributed by atoms with Crippen molar-refractivity contribution in [3.05, 3.63) is 52.5 Å². The molecule has 1 aromatic carbocycles. The Morgan fingerprint density at radius 3 is 2.68 bits per heavy atom. The smallest absolute Gasteiger partial charge is 0.348 e. The molecule has 6 nitrogen and oxygen atoms in total. The lowest BCUT2D eigenvalue weighted by molar-refractivity contribution is -0.114. The molecule has 2 aromatic heterocycles. The number of carboxylic acid groups (broad SMARTS) is 1. The fourth-order valence-electron chi connectivity index (χ4n) is 2.24. The molecule has 3 aromatic rings. The van der Waals surface area contributed by atoms with Crippen molar-refractivity contribution < 1.29 is 14.7 Å². The Morgan fingerprint density at radius 2 is 2.00 bits per heavy atom. The number of aromatic nitrogens is 2. The highest BCUT2D eigenvalue weighted by molar-refractivity contribution is 7.17. The average Bonchev–Trinajstić information content (AvgIpc) is 3.00. The van der Waals surface area contributed by atoms with Crippen molar-refractivity contribution in [1.82, 2.24) is 9.97 Å². The van der Waals surface area contributed by atoms with Crippen molar-refractivity contribution in [2.75, 3.05) is 5.32 Å². The summed E-state index contributed by atoms with van der Waals surface area (Å²) in [5, 5.41) is 13.0. The van der Waals surface area contributed by atoms with Crippen LogP contribution in [0.4, 0.5) is 5.82 Å². The van der Waals surface area contributed by atoms with Gasteiger partial charge in [-0.2, -0.15) is 0 Å². The third-order valence-corrected chi connectivity index (χ3v) is 4.68. The monoisotopic (exact) mass is 373 g/mol. The van der Waals surface area contributed by atoms with Crippen molar-refractivity contribution in [3.8, 4) is 21.8 Å². The molecular weight excluding hydrogens is 362 g/mol. The molecule has 2 heterocycles. The van der Waals surface area contributed by atoms with Crippen molar-refractivity contribution in [3.63, 3.8) is 0 Å². The Bertz CT molecular complexity index is 971. The van der Waals surface area contributed by atoms with E-state index >= 15 is 0 Å². The second-order valence-corrected chi connectivity index (χ2v) is 6.50. The van der Waals surface area contributed by atoms with E-state index in [1.54, 1.807) is 36.4 Å². The number of carboxylic acids is 1. The molecule has 0 aliphatic rings. The van der Waals surface area contributed by atoms with Crippen LogP contribution in [0.3, 0.4) is 0 Å². The number of amides is 1. The first-order valence-corrected chi connectivity index (χ1v) is 8.38. The minimum absolute atomic E-state index is 0.0981. The highest BCUT2D eigenvalue weighted by Gasteiger charge is 2.21. The number of pyridine rings is 1. The number of carbonyl (C=O) groups excluding carboxylic acids is 1. The Kier molecular flexibility index (Phi) is 4.78. The quantitative estimate of drug-likeness (QED) is 0.715. The van der Waals surface area contributed by atoms with Gasteiger partial charge in [0.15, 0.2) is 0 Å². The third-order valence-electron chi connectivity index (χ3n) is 3.26. The number of hydrogen-bond donors (Lipinski definition) is 2. The molecule has 0 atom stereocenters. The second kappa shape index (κ2) is 7.00. The molecule has 2 N–H and O–H groups in total. The van der Waals surface area contributed by atoms with E-state index in [4.69, 9.17) is 11.6 Å². The lowest BCUT2D eigenvalue weighted by Gasteiger charge is -2.03. The Labute approximate surface area is 152 Å². The summed E-state index contributed by atoms with van der Waals surface area (Å²) >= 11 is 7.23. The molecule has 0 bridgehead atoms. The van der Waals surface area contributed by atoms with E-state index < -0.39 is 5.97 Å². The standard InChI is InChI=1S/C17H12ClN3O3S/c1-9(22)20-13-8-10(6-7-19-13)16-21-14(15(25-16)17(23)24)11-4-2-3-5-12(11)18/h2-8H,1H3,(H,23,24)(H,19,20,22). The number of thiazole rings is 1. The Balaban J connectivity index is 2.10. The van der Waals surface area contributed by atoms with Gasteiger partial charge in [0.2, 0.25) is 5.91 Å². The fourth-order valence-corrected chi connectivity index (χ4v) is 3.38. The van der Waals surface area contributed by atoms with Crippen molar-refractivity contribution in [1.29, 1.82) is 0 Å². The van der Waals surface area contributed by atoms with Crippen LogP contribution in [0.25, 0.3) is 21.8 Å². The van der Waals surface area contributed by atoms with E-state index in [2.05, 4.69) is 15.3 Å². The van der Waals surface area contributed by atoms with Gasteiger partial charge in [-0.15, -0.1) is 11.3 Å². The molecule has 0 aliphatic carbocycles. The van der Waals surface area contributed by atoms with Crippen LogP contribution >= 0.6 is 22.9 Å². The maximum Gasteiger partial charge on any atom is 0.348 e. The molecule has 0 fully saturated rings. The van der Waals surface area contributed by atoms with Crippen LogP contribution < -0.4 is 5.32 Å². The molecule has 25 heavy (non-hydrogen) atoms. The van der Waals surface area contributed by atoms with E-state index in [0.717, 1.165) is 11.3 Å². The molecule has 0 radical (unpaired) electrons. The van der Waals surface area contributed by atoms with Crippen LogP contribution in [0, 0.1) is 0 Å². The number of benzene rings is 1. The number of carbonyl (C=O) groups is 2. The van der Waals surface area contributed by atoms with E-state index in [1.165, 1.54) is 13.1 Å². The summed E-state index contributed by atoms with van der Waals surface area (Å²) in [4.78, 5) is 31.4. The van der Waals surface area contributed by atoms with E-state index in [-0.39, 0.29) is 10.8 Å². The molecule has 3 rings (SSSR count). The van der Waals surface area contributed by atoms with Crippen molar-refractivity contribution in [2.45, 2.75) is 6.92 Å². The zero-order chi connectivity index (χ0) is 18.0.